The molecule has 1 N–H and O–H groups in total. The SMILES string of the molecule is C[C@H]1C(=O)NS(=O)(=O)c2ccc3c(c2)N(C[C@@H]2CC[C@H]2[C@@H](OC(=O)N(C)C)/C=C/CN1C)C[C@@]1(CCCc2cc(Cl)ccc21)CO3. The maximum absolute atomic E-state index is 13.6. The molecule has 0 saturated heterocycles. The summed E-state index contributed by atoms with van der Waals surface area (Å²) in [6, 6.07) is 10.2. The number of aryl methyl sites for hydroxylation is 1. The molecule has 0 radical (unpaired) electrons. The average molecular weight is 671 g/mol. The molecule has 248 valence electrons. The van der Waals surface area contributed by atoms with Crippen LogP contribution in [0.1, 0.15) is 43.7 Å². The predicted molar refractivity (Wildman–Crippen MR) is 177 cm³/mol. The van der Waals surface area contributed by atoms with Crippen LogP contribution in [0.2, 0.25) is 5.02 Å². The third kappa shape index (κ3) is 6.33. The number of anilines is 1. The predicted octanol–water partition coefficient (Wildman–Crippen LogP) is 4.60. The fourth-order valence-electron chi connectivity index (χ4n) is 7.29. The molecule has 6 rings (SSSR count). The van der Waals surface area contributed by atoms with Gasteiger partial charge in [-0.05, 0) is 99.5 Å². The first-order valence-electron chi connectivity index (χ1n) is 16.0. The molecule has 5 atom stereocenters. The molecule has 2 aliphatic heterocycles. The molecular weight excluding hydrogens is 628 g/mol. The van der Waals surface area contributed by atoms with E-state index in [-0.39, 0.29) is 22.1 Å². The number of hydrogen-bond acceptors (Lipinski definition) is 8. The molecular formula is C34H43ClN4O6S. The van der Waals surface area contributed by atoms with Crippen LogP contribution in [-0.4, -0.2) is 89.7 Å². The number of nitrogens with zero attached hydrogens (tertiary/aromatic N) is 3. The zero-order valence-corrected chi connectivity index (χ0v) is 28.4. The van der Waals surface area contributed by atoms with E-state index >= 15 is 0 Å². The van der Waals surface area contributed by atoms with Crippen molar-refractivity contribution >= 4 is 39.3 Å². The van der Waals surface area contributed by atoms with E-state index in [1.807, 2.05) is 24.3 Å². The summed E-state index contributed by atoms with van der Waals surface area (Å²) in [7, 11) is 0.931. The third-order valence-corrected chi connectivity index (χ3v) is 11.8. The zero-order valence-electron chi connectivity index (χ0n) is 26.9. The number of carbonyl (C=O) groups excluding carboxylic acids is 2. The monoisotopic (exact) mass is 670 g/mol. The van der Waals surface area contributed by atoms with Crippen molar-refractivity contribution in [2.24, 2.45) is 11.8 Å². The number of hydrogen-bond donors (Lipinski definition) is 1. The normalized spacial score (nSPS) is 30.0. The Hall–Kier alpha value is -3.28. The topological polar surface area (TPSA) is 108 Å². The summed E-state index contributed by atoms with van der Waals surface area (Å²) < 4.78 is 42.0. The van der Waals surface area contributed by atoms with Gasteiger partial charge in [0.2, 0.25) is 0 Å². The number of nitrogens with one attached hydrogen (secondary N) is 1. The zero-order chi connectivity index (χ0) is 32.8. The van der Waals surface area contributed by atoms with Crippen LogP contribution in [0.5, 0.6) is 5.75 Å². The van der Waals surface area contributed by atoms with Crippen molar-refractivity contribution in [1.29, 1.82) is 0 Å². The van der Waals surface area contributed by atoms with E-state index in [1.165, 1.54) is 22.1 Å². The van der Waals surface area contributed by atoms with Gasteiger partial charge in [0.15, 0.2) is 0 Å². The summed E-state index contributed by atoms with van der Waals surface area (Å²) in [5.74, 6) is 0.235. The third-order valence-electron chi connectivity index (χ3n) is 10.3. The van der Waals surface area contributed by atoms with Crippen LogP contribution in [0.3, 0.4) is 0 Å². The van der Waals surface area contributed by atoms with Crippen molar-refractivity contribution in [3.63, 3.8) is 0 Å². The second kappa shape index (κ2) is 12.7. The number of carbonyl (C=O) groups is 2. The van der Waals surface area contributed by atoms with Gasteiger partial charge in [-0.2, -0.15) is 0 Å². The number of benzene rings is 2. The first-order chi connectivity index (χ1) is 21.9. The molecule has 2 bridgehead atoms. The minimum atomic E-state index is -4.16. The first-order valence-corrected chi connectivity index (χ1v) is 17.9. The van der Waals surface area contributed by atoms with Crippen LogP contribution < -0.4 is 14.4 Å². The standard InChI is InChI=1S/C34H43ClN4O6S/c1-22-32(40)36-46(42,43)26-11-14-31-29(18-26)39(20-34(21-44-31)15-5-7-23-17-25(35)10-13-28(23)34)19-24-9-12-27(24)30(8-6-16-38(22)4)45-33(41)37(2)3/h6,8,10-11,13-14,17-18,22,24,27,30H,5,7,9,12,15-16,19-21H2,1-4H3,(H,36,40)/b8-6+/t22-,24-,27+,30-,34-/m0/s1. The second-order valence-electron chi connectivity index (χ2n) is 13.5. The second-order valence-corrected chi connectivity index (χ2v) is 15.6. The highest BCUT2D eigenvalue weighted by molar-refractivity contribution is 7.90. The van der Waals surface area contributed by atoms with Crippen molar-refractivity contribution in [3.05, 3.63) is 64.7 Å². The molecule has 46 heavy (non-hydrogen) atoms. The summed E-state index contributed by atoms with van der Waals surface area (Å²) in [6.07, 6.45) is 7.65. The minimum Gasteiger partial charge on any atom is -0.490 e. The summed E-state index contributed by atoms with van der Waals surface area (Å²) >= 11 is 6.41. The quantitative estimate of drug-likeness (QED) is 0.439. The van der Waals surface area contributed by atoms with Crippen LogP contribution in [-0.2, 0) is 31.4 Å². The number of fused-ring (bicyclic) bond motifs is 4. The number of likely N-dealkylation sites (N-methyl/N-ethyl adjacent to an activating group) is 1. The van der Waals surface area contributed by atoms with Gasteiger partial charge < -0.3 is 19.3 Å². The maximum Gasteiger partial charge on any atom is 0.409 e. The summed E-state index contributed by atoms with van der Waals surface area (Å²) in [5.41, 5.74) is 2.78. The lowest BCUT2D eigenvalue weighted by atomic mass is 9.68. The lowest BCUT2D eigenvalue weighted by Crippen LogP contribution is -2.50. The largest absolute Gasteiger partial charge is 0.490 e. The van der Waals surface area contributed by atoms with E-state index in [0.29, 0.717) is 42.7 Å². The van der Waals surface area contributed by atoms with Gasteiger partial charge in [-0.25, -0.2) is 17.9 Å². The Labute approximate surface area is 276 Å². The highest BCUT2D eigenvalue weighted by Gasteiger charge is 2.45. The van der Waals surface area contributed by atoms with Crippen LogP contribution in [0.25, 0.3) is 0 Å². The number of ether oxygens (including phenoxy) is 2. The molecule has 1 spiro atoms. The highest BCUT2D eigenvalue weighted by Crippen LogP contribution is 2.47. The van der Waals surface area contributed by atoms with E-state index in [2.05, 4.69) is 15.7 Å². The molecule has 1 fully saturated rings. The lowest BCUT2D eigenvalue weighted by Gasteiger charge is -2.46. The molecule has 2 aliphatic carbocycles. The summed E-state index contributed by atoms with van der Waals surface area (Å²) in [4.78, 5) is 31.3. The highest BCUT2D eigenvalue weighted by atomic mass is 35.5. The van der Waals surface area contributed by atoms with Crippen LogP contribution in [0.4, 0.5) is 10.5 Å². The summed E-state index contributed by atoms with van der Waals surface area (Å²) in [5, 5.41) is 0.708. The summed E-state index contributed by atoms with van der Waals surface area (Å²) in [6.45, 7) is 3.72. The smallest absolute Gasteiger partial charge is 0.409 e. The van der Waals surface area contributed by atoms with Gasteiger partial charge in [-0.1, -0.05) is 23.7 Å². The Bertz CT molecular complexity index is 1650. The molecule has 2 amide bonds. The van der Waals surface area contributed by atoms with Gasteiger partial charge in [0.1, 0.15) is 11.9 Å². The van der Waals surface area contributed by atoms with Crippen molar-refractivity contribution < 1.29 is 27.5 Å². The van der Waals surface area contributed by atoms with E-state index < -0.39 is 34.2 Å². The Balaban J connectivity index is 1.44. The van der Waals surface area contributed by atoms with E-state index in [1.54, 1.807) is 45.1 Å². The van der Waals surface area contributed by atoms with Crippen molar-refractivity contribution in [3.8, 4) is 5.75 Å². The van der Waals surface area contributed by atoms with E-state index in [0.717, 1.165) is 32.1 Å². The molecule has 12 heteroatoms. The fraction of sp³-hybridized carbons (Fsp3) is 0.529. The Kier molecular flexibility index (Phi) is 9.04. The van der Waals surface area contributed by atoms with Crippen molar-refractivity contribution in [2.75, 3.05) is 52.3 Å². The van der Waals surface area contributed by atoms with Crippen LogP contribution in [0, 0.1) is 11.8 Å². The Morgan fingerprint density at radius 3 is 2.72 bits per heavy atom. The molecule has 2 aromatic rings. The van der Waals surface area contributed by atoms with Gasteiger partial charge in [0.25, 0.3) is 15.9 Å². The fourth-order valence-corrected chi connectivity index (χ4v) is 8.55. The number of halogens is 1. The molecule has 4 aliphatic rings. The Morgan fingerprint density at radius 2 is 1.98 bits per heavy atom. The van der Waals surface area contributed by atoms with Gasteiger partial charge in [-0.3, -0.25) is 9.69 Å². The molecule has 2 aromatic carbocycles. The van der Waals surface area contributed by atoms with Gasteiger partial charge in [0.05, 0.1) is 23.2 Å². The van der Waals surface area contributed by atoms with Crippen LogP contribution >= 0.6 is 11.6 Å². The van der Waals surface area contributed by atoms with Gasteiger partial charge in [0, 0.05) is 50.1 Å². The lowest BCUT2D eigenvalue weighted by molar-refractivity contribution is -0.123. The van der Waals surface area contributed by atoms with Crippen LogP contribution in [0.15, 0.2) is 53.4 Å². The molecule has 0 unspecified atom stereocenters. The van der Waals surface area contributed by atoms with E-state index in [9.17, 15) is 18.0 Å². The first kappa shape index (κ1) is 32.7. The number of rotatable bonds is 1. The molecule has 2 heterocycles. The molecule has 10 nitrogen and oxygen atoms in total. The molecule has 0 aromatic heterocycles. The average Bonchev–Trinajstić information content (AvgIpc) is 3.14. The number of amides is 2. The Morgan fingerprint density at radius 1 is 1.17 bits per heavy atom. The van der Waals surface area contributed by atoms with Crippen molar-refractivity contribution in [2.45, 2.75) is 61.5 Å². The van der Waals surface area contributed by atoms with E-state index in [4.69, 9.17) is 21.1 Å². The van der Waals surface area contributed by atoms with Gasteiger partial charge in [-0.15, -0.1) is 0 Å². The van der Waals surface area contributed by atoms with Gasteiger partial charge >= 0.3 is 6.09 Å². The number of sulfonamides is 1. The molecule has 1 saturated carbocycles. The maximum atomic E-state index is 13.6. The minimum absolute atomic E-state index is 0.00441. The van der Waals surface area contributed by atoms with Crippen molar-refractivity contribution in [1.82, 2.24) is 14.5 Å².